The molecule has 0 bridgehead atoms. The van der Waals surface area contributed by atoms with E-state index < -0.39 is 10.0 Å². The Labute approximate surface area is 171 Å². The molecule has 0 unspecified atom stereocenters. The van der Waals surface area contributed by atoms with E-state index in [1.807, 2.05) is 12.1 Å². The molecule has 0 aliphatic rings. The Kier molecular flexibility index (Phi) is 6.91. The lowest BCUT2D eigenvalue weighted by molar-refractivity contribution is -0.116. The molecule has 7 heteroatoms. The fourth-order valence-corrected chi connectivity index (χ4v) is 3.35. The second-order valence-corrected chi connectivity index (χ2v) is 9.77. The van der Waals surface area contributed by atoms with Gasteiger partial charge in [-0.05, 0) is 40.3 Å². The van der Waals surface area contributed by atoms with Crippen molar-refractivity contribution in [2.45, 2.75) is 32.7 Å². The van der Waals surface area contributed by atoms with Crippen LogP contribution in [0.25, 0.3) is 6.08 Å². The third kappa shape index (κ3) is 7.02. The number of carbonyl (C=O) groups is 1. The Balaban J connectivity index is 1.93. The fourth-order valence-electron chi connectivity index (χ4n) is 2.47. The van der Waals surface area contributed by atoms with E-state index in [1.165, 1.54) is 11.6 Å². The van der Waals surface area contributed by atoms with Crippen molar-refractivity contribution in [1.29, 1.82) is 0 Å². The molecule has 0 aliphatic heterocycles. The highest BCUT2D eigenvalue weighted by atomic mass is 35.5. The van der Waals surface area contributed by atoms with Crippen LogP contribution in [0.1, 0.15) is 37.5 Å². The average molecular weight is 421 g/mol. The highest BCUT2D eigenvalue weighted by Crippen LogP contribution is 2.24. The van der Waals surface area contributed by atoms with Gasteiger partial charge >= 0.3 is 0 Å². The zero-order valence-corrected chi connectivity index (χ0v) is 18.0. The molecule has 0 saturated heterocycles. The van der Waals surface area contributed by atoms with Gasteiger partial charge in [0.2, 0.25) is 15.9 Å². The number of halogens is 1. The summed E-state index contributed by atoms with van der Waals surface area (Å²) in [6, 6.07) is 13.0. The number of sulfonamides is 1. The summed E-state index contributed by atoms with van der Waals surface area (Å²) >= 11 is 6.08. The van der Waals surface area contributed by atoms with Gasteiger partial charge in [-0.1, -0.05) is 62.7 Å². The van der Waals surface area contributed by atoms with Crippen LogP contribution in [-0.2, 0) is 26.8 Å². The Hall–Kier alpha value is -2.31. The Morgan fingerprint density at radius 3 is 2.29 bits per heavy atom. The molecule has 0 heterocycles. The lowest BCUT2D eigenvalue weighted by atomic mass is 9.87. The van der Waals surface area contributed by atoms with Crippen LogP contribution < -0.4 is 10.0 Å². The van der Waals surface area contributed by atoms with Crippen molar-refractivity contribution >= 4 is 39.3 Å². The van der Waals surface area contributed by atoms with Crippen molar-refractivity contribution in [3.8, 4) is 0 Å². The van der Waals surface area contributed by atoms with E-state index in [2.05, 4.69) is 42.9 Å². The van der Waals surface area contributed by atoms with Gasteiger partial charge in [-0.25, -0.2) is 8.42 Å². The van der Waals surface area contributed by atoms with Crippen molar-refractivity contribution in [3.05, 3.63) is 70.3 Å². The number of nitrogens with one attached hydrogen (secondary N) is 2. The summed E-state index contributed by atoms with van der Waals surface area (Å²) in [5, 5.41) is 3.05. The van der Waals surface area contributed by atoms with Gasteiger partial charge in [0.15, 0.2) is 0 Å². The molecule has 0 aromatic heterocycles. The molecule has 0 saturated carbocycles. The molecule has 0 aliphatic carbocycles. The molecule has 1 amide bonds. The topological polar surface area (TPSA) is 75.3 Å². The molecule has 0 fully saturated rings. The zero-order chi connectivity index (χ0) is 20.9. The molecule has 2 rings (SSSR count). The number of benzene rings is 2. The highest BCUT2D eigenvalue weighted by molar-refractivity contribution is 7.92. The minimum atomic E-state index is -3.40. The normalized spacial score (nSPS) is 12.2. The second kappa shape index (κ2) is 8.80. The second-order valence-electron chi connectivity index (χ2n) is 7.61. The molecule has 5 nitrogen and oxygen atoms in total. The Morgan fingerprint density at radius 2 is 1.75 bits per heavy atom. The van der Waals surface area contributed by atoms with Crippen molar-refractivity contribution in [2.75, 3.05) is 11.0 Å². The van der Waals surface area contributed by atoms with Gasteiger partial charge in [-0.15, -0.1) is 0 Å². The summed E-state index contributed by atoms with van der Waals surface area (Å²) in [7, 11) is -3.40. The minimum Gasteiger partial charge on any atom is -0.348 e. The van der Waals surface area contributed by atoms with Gasteiger partial charge in [0, 0.05) is 12.6 Å². The van der Waals surface area contributed by atoms with Crippen molar-refractivity contribution in [3.63, 3.8) is 0 Å². The third-order valence-electron chi connectivity index (χ3n) is 4.00. The number of carbonyl (C=O) groups excluding carboxylic acids is 1. The predicted molar refractivity (Wildman–Crippen MR) is 116 cm³/mol. The first-order valence-corrected chi connectivity index (χ1v) is 11.0. The maximum absolute atomic E-state index is 12.0. The number of amides is 1. The Bertz CT molecular complexity index is 976. The van der Waals surface area contributed by atoms with Crippen molar-refractivity contribution < 1.29 is 13.2 Å². The molecule has 28 heavy (non-hydrogen) atoms. The lowest BCUT2D eigenvalue weighted by Crippen LogP contribution is -2.20. The first-order chi connectivity index (χ1) is 12.9. The molecule has 0 radical (unpaired) electrons. The molecular formula is C21H25ClN2O3S. The van der Waals surface area contributed by atoms with Crippen LogP contribution >= 0.6 is 11.6 Å². The number of rotatable bonds is 6. The lowest BCUT2D eigenvalue weighted by Gasteiger charge is -2.18. The van der Waals surface area contributed by atoms with E-state index in [4.69, 9.17) is 11.6 Å². The smallest absolute Gasteiger partial charge is 0.244 e. The quantitative estimate of drug-likeness (QED) is 0.682. The van der Waals surface area contributed by atoms with Gasteiger partial charge < -0.3 is 5.32 Å². The van der Waals surface area contributed by atoms with Crippen LogP contribution in [0, 0.1) is 0 Å². The third-order valence-corrected chi connectivity index (χ3v) is 4.90. The van der Waals surface area contributed by atoms with Crippen molar-refractivity contribution in [2.24, 2.45) is 0 Å². The summed E-state index contributed by atoms with van der Waals surface area (Å²) in [6.45, 7) is 6.75. The van der Waals surface area contributed by atoms with Crippen LogP contribution in [0.4, 0.5) is 5.69 Å². The predicted octanol–water partition coefficient (Wildman–Crippen LogP) is 4.34. The minimum absolute atomic E-state index is 0.0906. The first kappa shape index (κ1) is 22.0. The number of anilines is 1. The monoisotopic (exact) mass is 420 g/mol. The van der Waals surface area contributed by atoms with Gasteiger partial charge in [-0.2, -0.15) is 0 Å². The number of hydrogen-bond donors (Lipinski definition) is 2. The van der Waals surface area contributed by atoms with Crippen LogP contribution in [0.15, 0.2) is 48.5 Å². The maximum atomic E-state index is 12.0. The van der Waals surface area contributed by atoms with Crippen LogP contribution in [0.3, 0.4) is 0 Å². The van der Waals surface area contributed by atoms with E-state index in [0.717, 1.165) is 17.4 Å². The molecule has 0 atom stereocenters. The van der Waals surface area contributed by atoms with E-state index in [1.54, 1.807) is 24.3 Å². The standard InChI is InChI=1S/C21H25ClN2O3S/c1-21(2,3)17-9-5-15(6-10-17)8-12-20(25)23-14-16-7-11-19(18(22)13-16)24-28(4,26)27/h5-13,24H,14H2,1-4H3,(H,23,25). The summed E-state index contributed by atoms with van der Waals surface area (Å²) in [4.78, 5) is 12.0. The molecule has 2 N–H and O–H groups in total. The summed E-state index contributed by atoms with van der Waals surface area (Å²) < 4.78 is 24.9. The molecule has 150 valence electrons. The highest BCUT2D eigenvalue weighted by Gasteiger charge is 2.12. The fraction of sp³-hybridized carbons (Fsp3) is 0.286. The van der Waals surface area contributed by atoms with Gasteiger partial charge in [0.05, 0.1) is 17.0 Å². The molecule has 2 aromatic carbocycles. The summed E-state index contributed by atoms with van der Waals surface area (Å²) in [6.07, 6.45) is 4.29. The van der Waals surface area contributed by atoms with E-state index in [9.17, 15) is 13.2 Å². The van der Waals surface area contributed by atoms with Crippen LogP contribution in [0.5, 0.6) is 0 Å². The number of hydrogen-bond acceptors (Lipinski definition) is 3. The van der Waals surface area contributed by atoms with E-state index in [0.29, 0.717) is 5.69 Å². The van der Waals surface area contributed by atoms with Gasteiger partial charge in [-0.3, -0.25) is 9.52 Å². The average Bonchev–Trinajstić information content (AvgIpc) is 2.59. The van der Waals surface area contributed by atoms with Crippen LogP contribution in [-0.4, -0.2) is 20.6 Å². The summed E-state index contributed by atoms with van der Waals surface area (Å²) in [5.74, 6) is -0.227. The molecule has 2 aromatic rings. The summed E-state index contributed by atoms with van der Waals surface area (Å²) in [5.41, 5.74) is 3.34. The molecule has 0 spiro atoms. The van der Waals surface area contributed by atoms with Crippen molar-refractivity contribution in [1.82, 2.24) is 5.32 Å². The van der Waals surface area contributed by atoms with Gasteiger partial charge in [0.25, 0.3) is 0 Å². The largest absolute Gasteiger partial charge is 0.348 e. The van der Waals surface area contributed by atoms with Crippen LogP contribution in [0.2, 0.25) is 5.02 Å². The maximum Gasteiger partial charge on any atom is 0.244 e. The SMILES string of the molecule is CC(C)(C)c1ccc(C=CC(=O)NCc2ccc(NS(C)(=O)=O)c(Cl)c2)cc1. The zero-order valence-electron chi connectivity index (χ0n) is 16.4. The first-order valence-electron chi connectivity index (χ1n) is 8.77. The van der Waals surface area contributed by atoms with E-state index in [-0.39, 0.29) is 22.9 Å². The Morgan fingerprint density at radius 1 is 1.11 bits per heavy atom. The van der Waals surface area contributed by atoms with E-state index >= 15 is 0 Å². The van der Waals surface area contributed by atoms with Gasteiger partial charge in [0.1, 0.15) is 0 Å². The molecular weight excluding hydrogens is 396 g/mol.